The topological polar surface area (TPSA) is 67.6 Å². The van der Waals surface area contributed by atoms with Gasteiger partial charge in [0.05, 0.1) is 12.6 Å². The molecule has 1 aromatic rings. The molecule has 1 amide bonds. The molecule has 0 saturated carbocycles. The number of fused-ring (bicyclic) bond motifs is 3. The van der Waals surface area contributed by atoms with E-state index < -0.39 is 5.54 Å². The zero-order valence-electron chi connectivity index (χ0n) is 9.94. The molecule has 3 rings (SSSR count). The lowest BCUT2D eigenvalue weighted by Gasteiger charge is -2.28. The molecule has 1 fully saturated rings. The summed E-state index contributed by atoms with van der Waals surface area (Å²) < 4.78 is 4.78. The predicted molar refractivity (Wildman–Crippen MR) is 68.5 cm³/mol. The van der Waals surface area contributed by atoms with Crippen molar-refractivity contribution in [1.29, 1.82) is 0 Å². The lowest BCUT2D eigenvalue weighted by Crippen LogP contribution is -2.50. The molecule has 96 valence electrons. The molecule has 6 heteroatoms. The summed E-state index contributed by atoms with van der Waals surface area (Å²) in [6.45, 7) is 0.576. The second kappa shape index (κ2) is 3.76. The number of likely N-dealkylation sites (tertiary alicyclic amines) is 1. The monoisotopic (exact) mass is 267 g/mol. The molecule has 2 aliphatic heterocycles. The van der Waals surface area contributed by atoms with E-state index in [9.17, 15) is 4.79 Å². The van der Waals surface area contributed by atoms with Crippen LogP contribution in [0.3, 0.4) is 0 Å². The molecule has 2 heterocycles. The minimum absolute atomic E-state index is 0.265. The van der Waals surface area contributed by atoms with E-state index >= 15 is 0 Å². The van der Waals surface area contributed by atoms with Gasteiger partial charge >= 0.3 is 6.09 Å². The van der Waals surface area contributed by atoms with Gasteiger partial charge in [0.2, 0.25) is 0 Å². The Hall–Kier alpha value is -1.46. The fourth-order valence-electron chi connectivity index (χ4n) is 2.83. The van der Waals surface area contributed by atoms with Crippen LogP contribution in [0.1, 0.15) is 12.0 Å². The van der Waals surface area contributed by atoms with Crippen molar-refractivity contribution in [3.8, 4) is 0 Å². The standard InChI is InChI=1S/C12H14ClN3O2/c1-18-11(17)16-5-4-12(14)8-6-7(13)2-3-9(8)15-10(12)16/h2-3,6,10,15H,4-5,14H2,1H3/t10-,12+/m1/s1. The van der Waals surface area contributed by atoms with Gasteiger partial charge in [0.15, 0.2) is 0 Å². The number of anilines is 1. The quantitative estimate of drug-likeness (QED) is 0.751. The molecular weight excluding hydrogens is 254 g/mol. The summed E-state index contributed by atoms with van der Waals surface area (Å²) in [5, 5.41) is 3.92. The minimum Gasteiger partial charge on any atom is -0.453 e. The zero-order valence-corrected chi connectivity index (χ0v) is 10.7. The number of ether oxygens (including phenoxy) is 1. The molecule has 0 aliphatic carbocycles. The molecule has 0 unspecified atom stereocenters. The van der Waals surface area contributed by atoms with Gasteiger partial charge in [0.25, 0.3) is 0 Å². The summed E-state index contributed by atoms with van der Waals surface area (Å²) in [6.07, 6.45) is 0.0600. The second-order valence-corrected chi connectivity index (χ2v) is 5.13. The van der Waals surface area contributed by atoms with E-state index in [1.54, 1.807) is 11.0 Å². The smallest absolute Gasteiger partial charge is 0.411 e. The van der Waals surface area contributed by atoms with Crippen molar-refractivity contribution in [2.24, 2.45) is 5.73 Å². The number of amides is 1. The van der Waals surface area contributed by atoms with Gasteiger partial charge in [-0.2, -0.15) is 0 Å². The molecule has 0 aromatic heterocycles. The summed E-state index contributed by atoms with van der Waals surface area (Å²) in [6, 6.07) is 5.56. The van der Waals surface area contributed by atoms with Crippen LogP contribution < -0.4 is 11.1 Å². The molecule has 3 N–H and O–H groups in total. The molecule has 2 atom stereocenters. The molecule has 2 aliphatic rings. The van der Waals surface area contributed by atoms with Crippen molar-refractivity contribution in [2.75, 3.05) is 19.0 Å². The predicted octanol–water partition coefficient (Wildman–Crippen LogP) is 1.72. The molecule has 0 radical (unpaired) electrons. The summed E-state index contributed by atoms with van der Waals surface area (Å²) >= 11 is 6.01. The number of carbonyl (C=O) groups excluding carboxylic acids is 1. The van der Waals surface area contributed by atoms with Crippen LogP contribution in [0.25, 0.3) is 0 Å². The number of nitrogens with one attached hydrogen (secondary N) is 1. The van der Waals surface area contributed by atoms with E-state index in [1.807, 2.05) is 12.1 Å². The van der Waals surface area contributed by atoms with Gasteiger partial charge in [-0.3, -0.25) is 4.90 Å². The largest absolute Gasteiger partial charge is 0.453 e. The molecule has 1 aromatic carbocycles. The van der Waals surface area contributed by atoms with E-state index in [1.165, 1.54) is 7.11 Å². The van der Waals surface area contributed by atoms with Gasteiger partial charge in [-0.15, -0.1) is 0 Å². The zero-order chi connectivity index (χ0) is 12.9. The van der Waals surface area contributed by atoms with Crippen LogP contribution >= 0.6 is 11.6 Å². The third kappa shape index (κ3) is 1.41. The van der Waals surface area contributed by atoms with Crippen molar-refractivity contribution in [1.82, 2.24) is 4.90 Å². The number of methoxy groups -OCH3 is 1. The van der Waals surface area contributed by atoms with Gasteiger partial charge in [-0.25, -0.2) is 4.79 Å². The first kappa shape index (κ1) is 11.6. The second-order valence-electron chi connectivity index (χ2n) is 4.69. The summed E-state index contributed by atoms with van der Waals surface area (Å²) in [5.74, 6) is 0. The van der Waals surface area contributed by atoms with E-state index in [0.29, 0.717) is 18.0 Å². The first-order valence-corrected chi connectivity index (χ1v) is 6.14. The van der Waals surface area contributed by atoms with Gasteiger partial charge in [-0.05, 0) is 24.6 Å². The number of nitrogens with zero attached hydrogens (tertiary/aromatic N) is 1. The number of nitrogens with two attached hydrogens (primary N) is 1. The highest BCUT2D eigenvalue weighted by atomic mass is 35.5. The van der Waals surface area contributed by atoms with E-state index in [0.717, 1.165) is 11.3 Å². The first-order chi connectivity index (χ1) is 8.56. The van der Waals surface area contributed by atoms with Gasteiger partial charge < -0.3 is 15.8 Å². The van der Waals surface area contributed by atoms with Crippen molar-refractivity contribution in [2.45, 2.75) is 18.1 Å². The SMILES string of the molecule is COC(=O)N1CC[C@]2(N)c3cc(Cl)ccc3N[C@H]12. The maximum absolute atomic E-state index is 11.7. The molecule has 0 spiro atoms. The van der Waals surface area contributed by atoms with Crippen molar-refractivity contribution in [3.05, 3.63) is 28.8 Å². The molecule has 18 heavy (non-hydrogen) atoms. The number of hydrogen-bond acceptors (Lipinski definition) is 4. The molecule has 5 nitrogen and oxygen atoms in total. The number of carbonyl (C=O) groups is 1. The Morgan fingerprint density at radius 3 is 3.17 bits per heavy atom. The van der Waals surface area contributed by atoms with E-state index in [4.69, 9.17) is 22.1 Å². The van der Waals surface area contributed by atoms with Crippen LogP contribution in [0.4, 0.5) is 10.5 Å². The van der Waals surface area contributed by atoms with Crippen LogP contribution in [0.5, 0.6) is 0 Å². The third-order valence-corrected chi connectivity index (χ3v) is 3.99. The lowest BCUT2D eigenvalue weighted by molar-refractivity contribution is 0.118. The highest BCUT2D eigenvalue weighted by Gasteiger charge is 2.53. The highest BCUT2D eigenvalue weighted by molar-refractivity contribution is 6.30. The normalized spacial score (nSPS) is 28.6. The fraction of sp³-hybridized carbons (Fsp3) is 0.417. The maximum Gasteiger partial charge on any atom is 0.411 e. The summed E-state index contributed by atoms with van der Waals surface area (Å²) in [7, 11) is 1.37. The maximum atomic E-state index is 11.7. The van der Waals surface area contributed by atoms with Gasteiger partial charge in [-0.1, -0.05) is 11.6 Å². The van der Waals surface area contributed by atoms with Crippen LogP contribution in [-0.2, 0) is 10.3 Å². The van der Waals surface area contributed by atoms with E-state index in [2.05, 4.69) is 5.32 Å². The van der Waals surface area contributed by atoms with Gasteiger partial charge in [0, 0.05) is 22.8 Å². The number of benzene rings is 1. The Labute approximate surface area is 110 Å². The number of halogens is 1. The van der Waals surface area contributed by atoms with Gasteiger partial charge in [0.1, 0.15) is 6.17 Å². The van der Waals surface area contributed by atoms with Crippen molar-refractivity contribution in [3.63, 3.8) is 0 Å². The van der Waals surface area contributed by atoms with Crippen LogP contribution in [0, 0.1) is 0 Å². The highest BCUT2D eigenvalue weighted by Crippen LogP contribution is 2.45. The van der Waals surface area contributed by atoms with Crippen LogP contribution in [0.15, 0.2) is 18.2 Å². The lowest BCUT2D eigenvalue weighted by atomic mass is 9.90. The summed E-state index contributed by atoms with van der Waals surface area (Å²) in [4.78, 5) is 13.3. The molecule has 0 bridgehead atoms. The number of rotatable bonds is 0. The Morgan fingerprint density at radius 1 is 1.67 bits per heavy atom. The van der Waals surface area contributed by atoms with Crippen molar-refractivity contribution >= 4 is 23.4 Å². The van der Waals surface area contributed by atoms with Crippen molar-refractivity contribution < 1.29 is 9.53 Å². The average molecular weight is 268 g/mol. The van der Waals surface area contributed by atoms with Crippen LogP contribution in [0.2, 0.25) is 5.02 Å². The Kier molecular flexibility index (Phi) is 2.43. The summed E-state index contributed by atoms with van der Waals surface area (Å²) in [5.41, 5.74) is 7.76. The molecular formula is C12H14ClN3O2. The van der Waals surface area contributed by atoms with Crippen LogP contribution in [-0.4, -0.2) is 30.8 Å². The molecule has 1 saturated heterocycles. The average Bonchev–Trinajstić information content (AvgIpc) is 2.82. The van der Waals surface area contributed by atoms with E-state index in [-0.39, 0.29) is 12.3 Å². The Bertz CT molecular complexity index is 522. The fourth-order valence-corrected chi connectivity index (χ4v) is 3.00. The number of hydrogen-bond donors (Lipinski definition) is 2. The third-order valence-electron chi connectivity index (χ3n) is 3.75. The Morgan fingerprint density at radius 2 is 2.44 bits per heavy atom. The Balaban J connectivity index is 2.01. The minimum atomic E-state index is -0.589. The first-order valence-electron chi connectivity index (χ1n) is 5.76.